The quantitative estimate of drug-likeness (QED) is 0.492. The molecule has 0 aromatic heterocycles. The van der Waals surface area contributed by atoms with Gasteiger partial charge >= 0.3 is 6.09 Å². The molecule has 1 aromatic carbocycles. The number of carbonyl (C=O) groups excluding carboxylic acids is 2. The molecule has 2 unspecified atom stereocenters. The minimum atomic E-state index is -1.39. The monoisotopic (exact) mass is 379 g/mol. The van der Waals surface area contributed by atoms with Crippen molar-refractivity contribution in [2.45, 2.75) is 70.7 Å². The van der Waals surface area contributed by atoms with Crippen molar-refractivity contribution in [3.05, 3.63) is 35.9 Å². The lowest BCUT2D eigenvalue weighted by molar-refractivity contribution is -0.131. The van der Waals surface area contributed by atoms with Crippen LogP contribution in [0.15, 0.2) is 30.3 Å². The average Bonchev–Trinajstić information content (AvgIpc) is 2.59. The fourth-order valence-electron chi connectivity index (χ4n) is 2.58. The smallest absolute Gasteiger partial charge is 0.407 e. The molecule has 1 aromatic rings. The predicted octanol–water partition coefficient (Wildman–Crippen LogP) is 2.25. The van der Waals surface area contributed by atoms with E-state index in [1.54, 1.807) is 20.8 Å². The molecule has 2 amide bonds. The number of amides is 2. The van der Waals surface area contributed by atoms with Gasteiger partial charge in [-0.2, -0.15) is 0 Å². The van der Waals surface area contributed by atoms with E-state index in [2.05, 4.69) is 10.6 Å². The van der Waals surface area contributed by atoms with Crippen LogP contribution in [0.5, 0.6) is 0 Å². The summed E-state index contributed by atoms with van der Waals surface area (Å²) in [6, 6.07) is 8.44. The highest BCUT2D eigenvalue weighted by molar-refractivity contribution is 5.82. The van der Waals surface area contributed by atoms with Crippen molar-refractivity contribution in [3.63, 3.8) is 0 Å². The molecule has 0 aliphatic heterocycles. The van der Waals surface area contributed by atoms with Crippen molar-refractivity contribution < 1.29 is 19.4 Å². The summed E-state index contributed by atoms with van der Waals surface area (Å²) in [5.41, 5.74) is 5.77. The number of rotatable bonds is 9. The van der Waals surface area contributed by atoms with Gasteiger partial charge in [0.05, 0.1) is 12.1 Å². The van der Waals surface area contributed by atoms with E-state index in [4.69, 9.17) is 10.5 Å². The van der Waals surface area contributed by atoms with E-state index < -0.39 is 29.7 Å². The number of aliphatic hydroxyl groups excluding tert-OH is 1. The maximum absolute atomic E-state index is 12.5. The topological polar surface area (TPSA) is 114 Å². The average molecular weight is 380 g/mol. The van der Waals surface area contributed by atoms with E-state index in [0.29, 0.717) is 19.4 Å². The number of aliphatic hydroxyl groups is 1. The van der Waals surface area contributed by atoms with Crippen LogP contribution in [0.3, 0.4) is 0 Å². The molecule has 7 heteroatoms. The summed E-state index contributed by atoms with van der Waals surface area (Å²) in [6.45, 7) is 7.60. The van der Waals surface area contributed by atoms with E-state index in [1.807, 2.05) is 37.3 Å². The third kappa shape index (κ3) is 8.88. The van der Waals surface area contributed by atoms with E-state index in [-0.39, 0.29) is 6.04 Å². The first-order chi connectivity index (χ1) is 12.6. The minimum Gasteiger partial charge on any atom is -0.444 e. The zero-order chi connectivity index (χ0) is 20.4. The van der Waals surface area contributed by atoms with Gasteiger partial charge in [-0.3, -0.25) is 4.79 Å². The normalized spacial score (nSPS) is 14.7. The van der Waals surface area contributed by atoms with Gasteiger partial charge in [0, 0.05) is 0 Å². The van der Waals surface area contributed by atoms with Crippen LogP contribution in [0.4, 0.5) is 4.79 Å². The van der Waals surface area contributed by atoms with Gasteiger partial charge < -0.3 is 26.2 Å². The van der Waals surface area contributed by atoms with Crippen LogP contribution in [0, 0.1) is 0 Å². The largest absolute Gasteiger partial charge is 0.444 e. The molecule has 5 N–H and O–H groups in total. The number of unbranched alkanes of at least 4 members (excludes halogenated alkanes) is 1. The lowest BCUT2D eigenvalue weighted by atomic mass is 10.0. The number of hydrogen-bond acceptors (Lipinski definition) is 5. The molecule has 0 radical (unpaired) electrons. The lowest BCUT2D eigenvalue weighted by Gasteiger charge is -2.27. The Morgan fingerprint density at radius 1 is 1.15 bits per heavy atom. The molecule has 0 spiro atoms. The zero-order valence-electron chi connectivity index (χ0n) is 16.7. The Morgan fingerprint density at radius 2 is 1.78 bits per heavy atom. The molecule has 3 atom stereocenters. The lowest BCUT2D eigenvalue weighted by Crippen LogP contribution is -2.51. The predicted molar refractivity (Wildman–Crippen MR) is 105 cm³/mol. The highest BCUT2D eigenvalue weighted by atomic mass is 16.6. The van der Waals surface area contributed by atoms with Crippen LogP contribution in [0.25, 0.3) is 0 Å². The summed E-state index contributed by atoms with van der Waals surface area (Å²) in [7, 11) is 0. The van der Waals surface area contributed by atoms with Crippen LogP contribution < -0.4 is 16.4 Å². The first-order valence-electron chi connectivity index (χ1n) is 9.37. The first kappa shape index (κ1) is 22.9. The Kier molecular flexibility index (Phi) is 9.25. The maximum Gasteiger partial charge on any atom is 0.407 e. The highest BCUT2D eigenvalue weighted by Gasteiger charge is 2.29. The second kappa shape index (κ2) is 10.9. The van der Waals surface area contributed by atoms with Gasteiger partial charge in [-0.1, -0.05) is 36.8 Å². The van der Waals surface area contributed by atoms with Crippen molar-refractivity contribution in [1.82, 2.24) is 10.6 Å². The number of benzene rings is 1. The van der Waals surface area contributed by atoms with Gasteiger partial charge in [-0.05, 0) is 52.6 Å². The molecular weight excluding hydrogens is 346 g/mol. The number of carbonyl (C=O) groups is 2. The molecular formula is C20H33N3O4. The molecule has 0 aliphatic rings. The summed E-state index contributed by atoms with van der Waals surface area (Å²) in [4.78, 5) is 24.6. The van der Waals surface area contributed by atoms with Gasteiger partial charge in [0.15, 0.2) is 6.10 Å². The highest BCUT2D eigenvalue weighted by Crippen LogP contribution is 2.14. The van der Waals surface area contributed by atoms with Crippen LogP contribution >= 0.6 is 0 Å². The summed E-state index contributed by atoms with van der Waals surface area (Å²) >= 11 is 0. The molecule has 0 fully saturated rings. The first-order valence-corrected chi connectivity index (χ1v) is 9.37. The second-order valence-corrected chi connectivity index (χ2v) is 7.62. The van der Waals surface area contributed by atoms with Gasteiger partial charge in [0.25, 0.3) is 5.91 Å². The summed E-state index contributed by atoms with van der Waals surface area (Å²) in [5, 5.41) is 15.9. The number of hydrogen-bond donors (Lipinski definition) is 4. The van der Waals surface area contributed by atoms with E-state index >= 15 is 0 Å². The van der Waals surface area contributed by atoms with E-state index in [9.17, 15) is 14.7 Å². The minimum absolute atomic E-state index is 0.264. The van der Waals surface area contributed by atoms with Crippen molar-refractivity contribution >= 4 is 12.0 Å². The molecule has 0 heterocycles. The number of alkyl carbamates (subject to hydrolysis) is 1. The second-order valence-electron chi connectivity index (χ2n) is 7.62. The number of nitrogens with two attached hydrogens (primary N) is 1. The van der Waals surface area contributed by atoms with Gasteiger partial charge in [-0.15, -0.1) is 0 Å². The number of ether oxygens (including phenoxy) is 1. The molecule has 1 rings (SSSR count). The van der Waals surface area contributed by atoms with E-state index in [0.717, 1.165) is 12.0 Å². The van der Waals surface area contributed by atoms with Crippen molar-refractivity contribution in [2.24, 2.45) is 5.73 Å². The van der Waals surface area contributed by atoms with Crippen molar-refractivity contribution in [2.75, 3.05) is 6.54 Å². The zero-order valence-corrected chi connectivity index (χ0v) is 16.7. The summed E-state index contributed by atoms with van der Waals surface area (Å²) in [6.07, 6.45) is -0.216. The molecule has 0 saturated heterocycles. The third-order valence-electron chi connectivity index (χ3n) is 3.98. The Labute approximate surface area is 161 Å². The van der Waals surface area contributed by atoms with Crippen LogP contribution in [0.2, 0.25) is 0 Å². The SMILES string of the molecule is C[C@@H](NC(=O)C(O)C(CCCCN)NC(=O)OC(C)(C)C)c1ccccc1. The van der Waals surface area contributed by atoms with Gasteiger partial charge in [0.1, 0.15) is 5.60 Å². The Morgan fingerprint density at radius 3 is 2.33 bits per heavy atom. The molecule has 7 nitrogen and oxygen atoms in total. The molecule has 27 heavy (non-hydrogen) atoms. The number of nitrogens with one attached hydrogen (secondary N) is 2. The Balaban J connectivity index is 2.73. The molecule has 152 valence electrons. The van der Waals surface area contributed by atoms with Gasteiger partial charge in [0.2, 0.25) is 0 Å². The van der Waals surface area contributed by atoms with Crippen LogP contribution in [-0.4, -0.2) is 41.4 Å². The Hall–Kier alpha value is -2.12. The molecule has 0 bridgehead atoms. The third-order valence-corrected chi connectivity index (χ3v) is 3.98. The molecule has 0 aliphatic carbocycles. The van der Waals surface area contributed by atoms with Crippen molar-refractivity contribution in [1.29, 1.82) is 0 Å². The van der Waals surface area contributed by atoms with Crippen LogP contribution in [-0.2, 0) is 9.53 Å². The van der Waals surface area contributed by atoms with Gasteiger partial charge in [-0.25, -0.2) is 4.79 Å². The van der Waals surface area contributed by atoms with Crippen molar-refractivity contribution in [3.8, 4) is 0 Å². The standard InChI is InChI=1S/C20H33N3O4/c1-14(15-10-6-5-7-11-15)22-18(25)17(24)16(12-8-9-13-21)23-19(26)27-20(2,3)4/h5-7,10-11,14,16-17,24H,8-9,12-13,21H2,1-4H3,(H,22,25)(H,23,26)/t14-,16?,17?/m1/s1. The fourth-order valence-corrected chi connectivity index (χ4v) is 2.58. The maximum atomic E-state index is 12.5. The van der Waals surface area contributed by atoms with Crippen LogP contribution in [0.1, 0.15) is 58.6 Å². The fraction of sp³-hybridized carbons (Fsp3) is 0.600. The van der Waals surface area contributed by atoms with E-state index in [1.165, 1.54) is 0 Å². The molecule has 0 saturated carbocycles. The Bertz CT molecular complexity index is 587. The summed E-state index contributed by atoms with van der Waals surface area (Å²) in [5.74, 6) is -0.542. The summed E-state index contributed by atoms with van der Waals surface area (Å²) < 4.78 is 5.24.